The summed E-state index contributed by atoms with van der Waals surface area (Å²) in [6.07, 6.45) is 3.86. The van der Waals surface area contributed by atoms with Crippen molar-refractivity contribution < 1.29 is 9.53 Å². The number of hydrogen-bond donors (Lipinski definition) is 1. The van der Waals surface area contributed by atoms with Crippen LogP contribution in [0.3, 0.4) is 0 Å². The van der Waals surface area contributed by atoms with Gasteiger partial charge in [0, 0.05) is 33.4 Å². The van der Waals surface area contributed by atoms with Crippen LogP contribution in [-0.4, -0.2) is 57.6 Å². The van der Waals surface area contributed by atoms with Gasteiger partial charge in [0.05, 0.1) is 5.25 Å². The Hall–Kier alpha value is -2.06. The summed E-state index contributed by atoms with van der Waals surface area (Å²) in [6, 6.07) is 10.5. The standard InChI is InChI=1S/C21H30N4O3S/c1-16(29-21-23-22-20(27)25(21)11-6-14-28-2)19(26)24-12-9-18(10-13-24)15-17-7-4-3-5-8-17/h3-5,7-8,16,18H,6,9-15H2,1-2H3,(H,22,27). The molecule has 29 heavy (non-hydrogen) atoms. The first-order valence-corrected chi connectivity index (χ1v) is 11.1. The SMILES string of the molecule is COCCCn1c(SC(C)C(=O)N2CCC(Cc3ccccc3)CC2)n[nH]c1=O. The molecular weight excluding hydrogens is 388 g/mol. The van der Waals surface area contributed by atoms with Gasteiger partial charge in [0.2, 0.25) is 5.91 Å². The summed E-state index contributed by atoms with van der Waals surface area (Å²) in [5, 5.41) is 6.87. The van der Waals surface area contributed by atoms with Crippen molar-refractivity contribution in [3.63, 3.8) is 0 Å². The molecule has 0 spiro atoms. The van der Waals surface area contributed by atoms with Crippen molar-refractivity contribution in [3.05, 3.63) is 46.4 Å². The highest BCUT2D eigenvalue weighted by Gasteiger charge is 2.27. The number of likely N-dealkylation sites (tertiary alicyclic amines) is 1. The Morgan fingerprint density at radius 2 is 2.03 bits per heavy atom. The van der Waals surface area contributed by atoms with Gasteiger partial charge in [-0.2, -0.15) is 0 Å². The number of rotatable bonds is 9. The van der Waals surface area contributed by atoms with Gasteiger partial charge in [-0.15, -0.1) is 5.10 Å². The van der Waals surface area contributed by atoms with Crippen LogP contribution in [0.5, 0.6) is 0 Å². The average Bonchev–Trinajstić information content (AvgIpc) is 3.08. The van der Waals surface area contributed by atoms with Crippen molar-refractivity contribution >= 4 is 17.7 Å². The Kier molecular flexibility index (Phi) is 7.94. The fourth-order valence-corrected chi connectivity index (χ4v) is 4.69. The van der Waals surface area contributed by atoms with Crippen molar-refractivity contribution in [2.24, 2.45) is 5.92 Å². The van der Waals surface area contributed by atoms with Crippen LogP contribution in [0.25, 0.3) is 0 Å². The Labute approximate surface area is 175 Å². The molecule has 1 saturated heterocycles. The Bertz CT molecular complexity index is 828. The molecule has 0 aliphatic carbocycles. The number of aromatic amines is 1. The number of ether oxygens (including phenoxy) is 1. The largest absolute Gasteiger partial charge is 0.385 e. The minimum absolute atomic E-state index is 0.118. The van der Waals surface area contributed by atoms with Crippen molar-refractivity contribution in [3.8, 4) is 0 Å². The van der Waals surface area contributed by atoms with Crippen LogP contribution in [0, 0.1) is 5.92 Å². The van der Waals surface area contributed by atoms with E-state index in [1.807, 2.05) is 17.9 Å². The average molecular weight is 419 g/mol. The van der Waals surface area contributed by atoms with Crippen molar-refractivity contribution in [2.75, 3.05) is 26.8 Å². The number of piperidine rings is 1. The molecule has 2 heterocycles. The van der Waals surface area contributed by atoms with E-state index in [2.05, 4.69) is 34.5 Å². The van der Waals surface area contributed by atoms with Gasteiger partial charge in [-0.1, -0.05) is 42.1 Å². The molecule has 1 aliphatic heterocycles. The number of carbonyl (C=O) groups is 1. The fourth-order valence-electron chi connectivity index (χ4n) is 3.73. The van der Waals surface area contributed by atoms with E-state index in [0.29, 0.717) is 24.2 Å². The molecule has 1 N–H and O–H groups in total. The van der Waals surface area contributed by atoms with Crippen molar-refractivity contribution in [2.45, 2.75) is 49.6 Å². The lowest BCUT2D eigenvalue weighted by Gasteiger charge is -2.33. The molecule has 1 fully saturated rings. The summed E-state index contributed by atoms with van der Waals surface area (Å²) < 4.78 is 6.63. The molecule has 1 atom stereocenters. The van der Waals surface area contributed by atoms with Gasteiger partial charge < -0.3 is 9.64 Å². The second kappa shape index (κ2) is 10.6. The van der Waals surface area contributed by atoms with E-state index in [9.17, 15) is 9.59 Å². The number of hydrogen-bond acceptors (Lipinski definition) is 5. The van der Waals surface area contributed by atoms with E-state index in [-0.39, 0.29) is 16.8 Å². The molecule has 7 nitrogen and oxygen atoms in total. The molecule has 158 valence electrons. The molecular formula is C21H30N4O3S. The zero-order chi connectivity index (χ0) is 20.6. The maximum absolute atomic E-state index is 12.9. The lowest BCUT2D eigenvalue weighted by Crippen LogP contribution is -2.42. The number of benzene rings is 1. The lowest BCUT2D eigenvalue weighted by molar-refractivity contribution is -0.131. The summed E-state index contributed by atoms with van der Waals surface area (Å²) in [6.45, 7) is 4.58. The number of thioether (sulfide) groups is 1. The van der Waals surface area contributed by atoms with Crippen LogP contribution in [-0.2, 0) is 22.5 Å². The summed E-state index contributed by atoms with van der Waals surface area (Å²) in [5.74, 6) is 0.744. The first-order valence-electron chi connectivity index (χ1n) is 10.2. The normalized spacial score (nSPS) is 16.1. The second-order valence-electron chi connectivity index (χ2n) is 7.53. The van der Waals surface area contributed by atoms with Crippen molar-refractivity contribution in [1.82, 2.24) is 19.7 Å². The smallest absolute Gasteiger partial charge is 0.343 e. The third-order valence-electron chi connectivity index (χ3n) is 5.38. The number of carbonyl (C=O) groups excluding carboxylic acids is 1. The molecule has 0 bridgehead atoms. The molecule has 1 amide bonds. The first-order chi connectivity index (χ1) is 14.1. The second-order valence-corrected chi connectivity index (χ2v) is 8.84. The summed E-state index contributed by atoms with van der Waals surface area (Å²) in [4.78, 5) is 26.8. The molecule has 3 rings (SSSR count). The number of aromatic nitrogens is 3. The van der Waals surface area contributed by atoms with Crippen LogP contribution in [0.4, 0.5) is 0 Å². The number of nitrogens with one attached hydrogen (secondary N) is 1. The minimum atomic E-state index is -0.281. The number of nitrogens with zero attached hydrogens (tertiary/aromatic N) is 3. The first kappa shape index (κ1) is 21.6. The zero-order valence-electron chi connectivity index (χ0n) is 17.2. The molecule has 2 aromatic rings. The Balaban J connectivity index is 1.50. The highest BCUT2D eigenvalue weighted by molar-refractivity contribution is 8.00. The van der Waals surface area contributed by atoms with Gasteiger partial charge in [-0.3, -0.25) is 9.36 Å². The van der Waals surface area contributed by atoms with E-state index in [1.54, 1.807) is 11.7 Å². The zero-order valence-corrected chi connectivity index (χ0v) is 18.0. The topological polar surface area (TPSA) is 80.2 Å². The van der Waals surface area contributed by atoms with E-state index >= 15 is 0 Å². The van der Waals surface area contributed by atoms with Gasteiger partial charge in [0.1, 0.15) is 0 Å². The third-order valence-corrected chi connectivity index (χ3v) is 6.45. The van der Waals surface area contributed by atoms with Crippen LogP contribution < -0.4 is 5.69 Å². The van der Waals surface area contributed by atoms with Gasteiger partial charge >= 0.3 is 5.69 Å². The van der Waals surface area contributed by atoms with Crippen LogP contribution in [0.1, 0.15) is 31.7 Å². The van der Waals surface area contributed by atoms with Gasteiger partial charge in [-0.25, -0.2) is 9.89 Å². The lowest BCUT2D eigenvalue weighted by atomic mass is 9.90. The highest BCUT2D eigenvalue weighted by atomic mass is 32.2. The summed E-state index contributed by atoms with van der Waals surface area (Å²) in [5.41, 5.74) is 1.12. The highest BCUT2D eigenvalue weighted by Crippen LogP contribution is 2.26. The summed E-state index contributed by atoms with van der Waals surface area (Å²) in [7, 11) is 1.64. The van der Waals surface area contributed by atoms with E-state index < -0.39 is 0 Å². The molecule has 1 aliphatic rings. The Morgan fingerprint density at radius 3 is 2.72 bits per heavy atom. The number of methoxy groups -OCH3 is 1. The fraction of sp³-hybridized carbons (Fsp3) is 0.571. The van der Waals surface area contributed by atoms with Crippen molar-refractivity contribution in [1.29, 1.82) is 0 Å². The van der Waals surface area contributed by atoms with Crippen LogP contribution in [0.2, 0.25) is 0 Å². The monoisotopic (exact) mass is 418 g/mol. The summed E-state index contributed by atoms with van der Waals surface area (Å²) >= 11 is 1.34. The number of H-pyrrole nitrogens is 1. The van der Waals surface area contributed by atoms with Gasteiger partial charge in [0.15, 0.2) is 5.16 Å². The molecule has 1 aromatic carbocycles. The predicted molar refractivity (Wildman–Crippen MR) is 114 cm³/mol. The maximum Gasteiger partial charge on any atom is 0.343 e. The van der Waals surface area contributed by atoms with Crippen LogP contribution >= 0.6 is 11.8 Å². The number of amides is 1. The minimum Gasteiger partial charge on any atom is -0.385 e. The van der Waals surface area contributed by atoms with E-state index in [4.69, 9.17) is 4.74 Å². The Morgan fingerprint density at radius 1 is 1.31 bits per heavy atom. The van der Waals surface area contributed by atoms with Gasteiger partial charge in [-0.05, 0) is 44.1 Å². The van der Waals surface area contributed by atoms with E-state index in [1.165, 1.54) is 17.3 Å². The maximum atomic E-state index is 12.9. The van der Waals surface area contributed by atoms with E-state index in [0.717, 1.165) is 38.8 Å². The van der Waals surface area contributed by atoms with Gasteiger partial charge in [0.25, 0.3) is 0 Å². The molecule has 1 unspecified atom stereocenters. The molecule has 0 saturated carbocycles. The molecule has 8 heteroatoms. The molecule has 1 aromatic heterocycles. The quantitative estimate of drug-likeness (QED) is 0.500. The third kappa shape index (κ3) is 5.96. The predicted octanol–water partition coefficient (Wildman–Crippen LogP) is 2.57. The van der Waals surface area contributed by atoms with Crippen LogP contribution in [0.15, 0.2) is 40.3 Å². The molecule has 0 radical (unpaired) electrons.